The van der Waals surface area contributed by atoms with E-state index >= 15 is 0 Å². The van der Waals surface area contributed by atoms with E-state index in [9.17, 15) is 19.3 Å². The first-order valence-corrected chi connectivity index (χ1v) is 6.08. The second kappa shape index (κ2) is 5.75. The summed E-state index contributed by atoms with van der Waals surface area (Å²) in [6, 6.07) is 3.14. The molecule has 0 aliphatic carbocycles. The van der Waals surface area contributed by atoms with Crippen LogP contribution in [0, 0.1) is 15.9 Å². The van der Waals surface area contributed by atoms with Crippen molar-refractivity contribution in [2.24, 2.45) is 0 Å². The molecule has 1 aliphatic heterocycles. The number of rotatable bonds is 3. The number of carbonyl (C=O) groups excluding carboxylic acids is 1. The predicted octanol–water partition coefficient (Wildman–Crippen LogP) is 1.86. The zero-order valence-corrected chi connectivity index (χ0v) is 10.3. The van der Waals surface area contributed by atoms with Crippen molar-refractivity contribution in [2.75, 3.05) is 13.1 Å². The normalized spacial score (nSPS) is 16.1. The van der Waals surface area contributed by atoms with Crippen LogP contribution >= 0.6 is 0 Å². The molecule has 1 saturated heterocycles. The Kier molecular flexibility index (Phi) is 4.06. The van der Waals surface area contributed by atoms with Crippen molar-refractivity contribution in [3.05, 3.63) is 39.7 Å². The second-order valence-electron chi connectivity index (χ2n) is 4.41. The zero-order chi connectivity index (χ0) is 13.8. The number of hydrogen-bond acceptors (Lipinski definition) is 4. The highest BCUT2D eigenvalue weighted by Gasteiger charge is 2.18. The molecule has 0 radical (unpaired) electrons. The van der Waals surface area contributed by atoms with Gasteiger partial charge in [-0.2, -0.15) is 4.39 Å². The third-order valence-electron chi connectivity index (χ3n) is 3.02. The van der Waals surface area contributed by atoms with Crippen LogP contribution in [0.1, 0.15) is 29.6 Å². The number of nitrogens with zero attached hydrogens (tertiary/aromatic N) is 2. The van der Waals surface area contributed by atoms with Crippen LogP contribution in [0.5, 0.6) is 0 Å². The van der Waals surface area contributed by atoms with Crippen molar-refractivity contribution in [3.63, 3.8) is 0 Å². The second-order valence-corrected chi connectivity index (χ2v) is 4.41. The molecule has 19 heavy (non-hydrogen) atoms. The molecule has 1 N–H and O–H groups in total. The fourth-order valence-electron chi connectivity index (χ4n) is 2.01. The standard InChI is InChI=1S/C12H14FN3O3/c13-10-8-9(4-5-11(10)16(18)19)12(17)14-15-6-2-1-3-7-15/h4-5,8H,1-3,6-7H2,(H,14,17). The molecule has 0 atom stereocenters. The summed E-state index contributed by atoms with van der Waals surface area (Å²) in [4.78, 5) is 21.5. The summed E-state index contributed by atoms with van der Waals surface area (Å²) in [6.45, 7) is 1.53. The molecule has 0 spiro atoms. The first kappa shape index (κ1) is 13.4. The Bertz CT molecular complexity index is 501. The van der Waals surface area contributed by atoms with Gasteiger partial charge in [0.1, 0.15) is 0 Å². The van der Waals surface area contributed by atoms with E-state index < -0.39 is 22.3 Å². The van der Waals surface area contributed by atoms with E-state index in [1.807, 2.05) is 0 Å². The highest BCUT2D eigenvalue weighted by Crippen LogP contribution is 2.18. The summed E-state index contributed by atoms with van der Waals surface area (Å²) in [5.74, 6) is -1.45. The van der Waals surface area contributed by atoms with E-state index in [1.54, 1.807) is 5.01 Å². The number of benzene rings is 1. The number of hydrazine groups is 1. The topological polar surface area (TPSA) is 75.5 Å². The van der Waals surface area contributed by atoms with Gasteiger partial charge in [-0.3, -0.25) is 20.3 Å². The van der Waals surface area contributed by atoms with Crippen molar-refractivity contribution in [2.45, 2.75) is 19.3 Å². The average Bonchev–Trinajstić information content (AvgIpc) is 2.39. The SMILES string of the molecule is O=C(NN1CCCCC1)c1ccc([N+](=O)[O-])c(F)c1. The molecule has 0 unspecified atom stereocenters. The third kappa shape index (κ3) is 3.25. The van der Waals surface area contributed by atoms with Crippen molar-refractivity contribution < 1.29 is 14.1 Å². The van der Waals surface area contributed by atoms with Crippen molar-refractivity contribution in [3.8, 4) is 0 Å². The predicted molar refractivity (Wildman–Crippen MR) is 65.9 cm³/mol. The maximum atomic E-state index is 13.4. The molecule has 1 heterocycles. The van der Waals surface area contributed by atoms with Crippen molar-refractivity contribution in [1.82, 2.24) is 10.4 Å². The van der Waals surface area contributed by atoms with Gasteiger partial charge in [-0.25, -0.2) is 5.01 Å². The van der Waals surface area contributed by atoms with Gasteiger partial charge in [-0.15, -0.1) is 0 Å². The van der Waals surface area contributed by atoms with E-state index in [0.717, 1.165) is 44.5 Å². The Morgan fingerprint density at radius 1 is 1.32 bits per heavy atom. The largest absolute Gasteiger partial charge is 0.304 e. The fourth-order valence-corrected chi connectivity index (χ4v) is 2.01. The third-order valence-corrected chi connectivity index (χ3v) is 3.02. The van der Waals surface area contributed by atoms with Crippen molar-refractivity contribution >= 4 is 11.6 Å². The van der Waals surface area contributed by atoms with Crippen LogP contribution in [0.15, 0.2) is 18.2 Å². The smallest absolute Gasteiger partial charge is 0.285 e. The van der Waals surface area contributed by atoms with Gasteiger partial charge >= 0.3 is 5.69 Å². The van der Waals surface area contributed by atoms with E-state index in [4.69, 9.17) is 0 Å². The van der Waals surface area contributed by atoms with Crippen LogP contribution in [0.2, 0.25) is 0 Å². The number of hydrogen-bond donors (Lipinski definition) is 1. The Labute approximate surface area is 109 Å². The highest BCUT2D eigenvalue weighted by molar-refractivity contribution is 5.94. The Morgan fingerprint density at radius 3 is 2.58 bits per heavy atom. The first-order chi connectivity index (χ1) is 9.08. The lowest BCUT2D eigenvalue weighted by Crippen LogP contribution is -2.45. The fraction of sp³-hybridized carbons (Fsp3) is 0.417. The monoisotopic (exact) mass is 267 g/mol. The molecule has 102 valence electrons. The summed E-state index contributed by atoms with van der Waals surface area (Å²) in [5.41, 5.74) is 2.12. The molecule has 2 rings (SSSR count). The maximum Gasteiger partial charge on any atom is 0.304 e. The number of piperidine rings is 1. The van der Waals surface area contributed by atoms with Crippen LogP contribution < -0.4 is 5.43 Å². The minimum absolute atomic E-state index is 0.0775. The number of carbonyl (C=O) groups is 1. The van der Waals surface area contributed by atoms with Crippen LogP contribution in [-0.2, 0) is 0 Å². The van der Waals surface area contributed by atoms with Gasteiger partial charge in [-0.05, 0) is 25.0 Å². The zero-order valence-electron chi connectivity index (χ0n) is 10.3. The minimum atomic E-state index is -1.00. The average molecular weight is 267 g/mol. The molecule has 0 saturated carbocycles. The van der Waals surface area contributed by atoms with Gasteiger partial charge in [-0.1, -0.05) is 6.42 Å². The van der Waals surface area contributed by atoms with Gasteiger partial charge in [0.25, 0.3) is 5.91 Å². The molecular formula is C12H14FN3O3. The van der Waals surface area contributed by atoms with Gasteiger partial charge in [0.15, 0.2) is 0 Å². The summed E-state index contributed by atoms with van der Waals surface area (Å²) < 4.78 is 13.4. The number of nitrogens with one attached hydrogen (secondary N) is 1. The van der Waals surface area contributed by atoms with Crippen LogP contribution in [0.4, 0.5) is 10.1 Å². The minimum Gasteiger partial charge on any atom is -0.285 e. The van der Waals surface area contributed by atoms with Crippen LogP contribution in [-0.4, -0.2) is 28.9 Å². The molecule has 1 amide bonds. The van der Waals surface area contributed by atoms with Gasteiger partial charge in [0, 0.05) is 24.7 Å². The molecular weight excluding hydrogens is 253 g/mol. The molecule has 0 bridgehead atoms. The lowest BCUT2D eigenvalue weighted by Gasteiger charge is -2.26. The number of nitro benzene ring substituents is 1. The van der Waals surface area contributed by atoms with Crippen LogP contribution in [0.3, 0.4) is 0 Å². The van der Waals surface area contributed by atoms with E-state index in [-0.39, 0.29) is 5.56 Å². The van der Waals surface area contributed by atoms with Gasteiger partial charge in [0.05, 0.1) is 4.92 Å². The van der Waals surface area contributed by atoms with Crippen LogP contribution in [0.25, 0.3) is 0 Å². The molecule has 6 nitrogen and oxygen atoms in total. The van der Waals surface area contributed by atoms with E-state index in [0.29, 0.717) is 0 Å². The maximum absolute atomic E-state index is 13.4. The molecule has 1 fully saturated rings. The summed E-state index contributed by atoms with van der Waals surface area (Å²) in [6.07, 6.45) is 3.16. The number of halogens is 1. The molecule has 7 heteroatoms. The summed E-state index contributed by atoms with van der Waals surface area (Å²) in [7, 11) is 0. The Balaban J connectivity index is 2.06. The highest BCUT2D eigenvalue weighted by atomic mass is 19.1. The van der Waals surface area contributed by atoms with Gasteiger partial charge in [0.2, 0.25) is 5.82 Å². The molecule has 1 aromatic rings. The van der Waals surface area contributed by atoms with E-state index in [1.165, 1.54) is 6.07 Å². The summed E-state index contributed by atoms with van der Waals surface area (Å²) >= 11 is 0. The first-order valence-electron chi connectivity index (χ1n) is 6.08. The lowest BCUT2D eigenvalue weighted by molar-refractivity contribution is -0.387. The molecule has 0 aromatic heterocycles. The Morgan fingerprint density at radius 2 is 2.00 bits per heavy atom. The molecule has 1 aliphatic rings. The van der Waals surface area contributed by atoms with Crippen molar-refractivity contribution in [1.29, 1.82) is 0 Å². The molecule has 1 aromatic carbocycles. The van der Waals surface area contributed by atoms with Gasteiger partial charge < -0.3 is 0 Å². The Hall–Kier alpha value is -2.02. The van der Waals surface area contributed by atoms with E-state index in [2.05, 4.69) is 5.43 Å². The lowest BCUT2D eigenvalue weighted by atomic mass is 10.1. The number of nitro groups is 1. The summed E-state index contributed by atoms with van der Waals surface area (Å²) in [5, 5.41) is 12.3. The quantitative estimate of drug-likeness (QED) is 0.670. The number of amides is 1.